The van der Waals surface area contributed by atoms with Gasteiger partial charge in [-0.3, -0.25) is 4.21 Å². The Labute approximate surface area is 122 Å². The van der Waals surface area contributed by atoms with Crippen LogP contribution in [0, 0.1) is 11.3 Å². The maximum atomic E-state index is 11.4. The number of benzene rings is 1. The third-order valence-electron chi connectivity index (χ3n) is 3.87. The molecule has 2 fully saturated rings. The highest BCUT2D eigenvalue weighted by molar-refractivity contribution is 7.85. The van der Waals surface area contributed by atoms with Crippen molar-refractivity contribution in [3.05, 3.63) is 29.3 Å². The Morgan fingerprint density at radius 3 is 2.75 bits per heavy atom. The lowest BCUT2D eigenvalue weighted by Crippen LogP contribution is -2.38. The molecule has 4 nitrogen and oxygen atoms in total. The zero-order valence-electron chi connectivity index (χ0n) is 11.5. The summed E-state index contributed by atoms with van der Waals surface area (Å²) in [7, 11) is -0.684. The molecule has 2 aliphatic rings. The molecule has 0 amide bonds. The summed E-state index contributed by atoms with van der Waals surface area (Å²) in [6.07, 6.45) is 2.54. The summed E-state index contributed by atoms with van der Waals surface area (Å²) in [5, 5.41) is 12.8. The second-order valence-electron chi connectivity index (χ2n) is 5.45. The number of nitrogens with zero attached hydrogens (tertiary/aromatic N) is 2. The quantitative estimate of drug-likeness (QED) is 0.910. The number of rotatable bonds is 4. The third kappa shape index (κ3) is 3.20. The molecule has 1 aromatic carbocycles. The van der Waals surface area contributed by atoms with Gasteiger partial charge in [0.05, 0.1) is 11.3 Å². The highest BCUT2D eigenvalue weighted by Gasteiger charge is 2.21. The first-order valence-electron chi connectivity index (χ1n) is 7.12. The third-order valence-corrected chi connectivity index (χ3v) is 5.15. The fourth-order valence-electron chi connectivity index (χ4n) is 2.49. The molecule has 5 heteroatoms. The topological polar surface area (TPSA) is 56.1 Å². The highest BCUT2D eigenvalue weighted by Crippen LogP contribution is 2.24. The summed E-state index contributed by atoms with van der Waals surface area (Å²) in [4.78, 5) is 2.18. The van der Waals surface area contributed by atoms with E-state index in [4.69, 9.17) is 0 Å². The van der Waals surface area contributed by atoms with Gasteiger partial charge in [-0.2, -0.15) is 5.26 Å². The number of anilines is 1. The average Bonchev–Trinajstić information content (AvgIpc) is 3.30. The normalized spacial score (nSPS) is 19.9. The fraction of sp³-hybridized carbons (Fsp3) is 0.533. The van der Waals surface area contributed by atoms with E-state index in [0.717, 1.165) is 36.4 Å². The van der Waals surface area contributed by atoms with E-state index in [2.05, 4.69) is 22.4 Å². The molecule has 1 aromatic rings. The van der Waals surface area contributed by atoms with Gasteiger partial charge < -0.3 is 10.2 Å². The monoisotopic (exact) mass is 289 g/mol. The Hall–Kier alpha value is -1.38. The van der Waals surface area contributed by atoms with Gasteiger partial charge in [0.2, 0.25) is 0 Å². The predicted octanol–water partition coefficient (Wildman–Crippen LogP) is 1.38. The molecular weight excluding hydrogens is 270 g/mol. The standard InChI is InChI=1S/C15H19N3OS/c16-10-13-9-12(11-17-14-2-3-14)1-4-15(13)18-5-7-20(19)8-6-18/h1,4,9,14,17H,2-3,5-8,11H2. The van der Waals surface area contributed by atoms with Crippen LogP contribution in [0.4, 0.5) is 5.69 Å². The first-order chi connectivity index (χ1) is 9.76. The van der Waals surface area contributed by atoms with Crippen LogP contribution in [0.1, 0.15) is 24.0 Å². The van der Waals surface area contributed by atoms with Crippen LogP contribution in [-0.2, 0) is 17.3 Å². The van der Waals surface area contributed by atoms with Crippen molar-refractivity contribution in [3.8, 4) is 6.07 Å². The molecule has 1 saturated heterocycles. The molecule has 106 valence electrons. The van der Waals surface area contributed by atoms with E-state index in [1.54, 1.807) is 0 Å². The van der Waals surface area contributed by atoms with Crippen molar-refractivity contribution in [2.45, 2.75) is 25.4 Å². The van der Waals surface area contributed by atoms with Crippen LogP contribution in [0.5, 0.6) is 0 Å². The minimum absolute atomic E-state index is 0.678. The molecular formula is C15H19N3OS. The fourth-order valence-corrected chi connectivity index (χ4v) is 3.54. The zero-order chi connectivity index (χ0) is 13.9. The minimum atomic E-state index is -0.684. The van der Waals surface area contributed by atoms with Crippen molar-refractivity contribution in [1.82, 2.24) is 5.32 Å². The van der Waals surface area contributed by atoms with Gasteiger partial charge >= 0.3 is 0 Å². The number of hydrogen-bond acceptors (Lipinski definition) is 4. The van der Waals surface area contributed by atoms with Crippen molar-refractivity contribution in [1.29, 1.82) is 5.26 Å². The van der Waals surface area contributed by atoms with Gasteiger partial charge in [-0.05, 0) is 30.5 Å². The minimum Gasteiger partial charge on any atom is -0.369 e. The van der Waals surface area contributed by atoms with Crippen LogP contribution in [0.25, 0.3) is 0 Å². The van der Waals surface area contributed by atoms with Crippen molar-refractivity contribution in [2.75, 3.05) is 29.5 Å². The van der Waals surface area contributed by atoms with Gasteiger partial charge in [-0.1, -0.05) is 6.07 Å². The van der Waals surface area contributed by atoms with Crippen LogP contribution in [0.2, 0.25) is 0 Å². The summed E-state index contributed by atoms with van der Waals surface area (Å²) >= 11 is 0. The Kier molecular flexibility index (Phi) is 4.04. The van der Waals surface area contributed by atoms with Gasteiger partial charge in [0, 0.05) is 48.0 Å². The zero-order valence-corrected chi connectivity index (χ0v) is 12.3. The SMILES string of the molecule is N#Cc1cc(CNC2CC2)ccc1N1CCS(=O)CC1. The van der Waals surface area contributed by atoms with Crippen LogP contribution in [-0.4, -0.2) is 34.8 Å². The highest BCUT2D eigenvalue weighted by atomic mass is 32.2. The summed E-state index contributed by atoms with van der Waals surface area (Å²) in [6.45, 7) is 2.39. The molecule has 0 atom stereocenters. The molecule has 1 N–H and O–H groups in total. The van der Waals surface area contributed by atoms with E-state index in [0.29, 0.717) is 17.5 Å². The Morgan fingerprint density at radius 2 is 2.10 bits per heavy atom. The molecule has 20 heavy (non-hydrogen) atoms. The summed E-state index contributed by atoms with van der Waals surface area (Å²) in [5.74, 6) is 1.41. The molecule has 0 radical (unpaired) electrons. The van der Waals surface area contributed by atoms with E-state index < -0.39 is 10.8 Å². The maximum absolute atomic E-state index is 11.4. The van der Waals surface area contributed by atoms with Crippen LogP contribution < -0.4 is 10.2 Å². The van der Waals surface area contributed by atoms with Gasteiger partial charge in [0.25, 0.3) is 0 Å². The first kappa shape index (κ1) is 13.6. The van der Waals surface area contributed by atoms with Crippen LogP contribution in [0.3, 0.4) is 0 Å². The number of nitriles is 1. The van der Waals surface area contributed by atoms with Gasteiger partial charge in [0.1, 0.15) is 6.07 Å². The molecule has 0 aromatic heterocycles. The summed E-state index contributed by atoms with van der Waals surface area (Å²) in [6, 6.07) is 9.10. The van der Waals surface area contributed by atoms with E-state index in [-0.39, 0.29) is 0 Å². The lowest BCUT2D eigenvalue weighted by Gasteiger charge is -2.29. The number of hydrogen-bond donors (Lipinski definition) is 1. The molecule has 1 aliphatic carbocycles. The van der Waals surface area contributed by atoms with Gasteiger partial charge in [-0.25, -0.2) is 0 Å². The molecule has 1 saturated carbocycles. The smallest absolute Gasteiger partial charge is 0.101 e. The van der Waals surface area contributed by atoms with Crippen molar-refractivity contribution in [3.63, 3.8) is 0 Å². The molecule has 1 aliphatic heterocycles. The van der Waals surface area contributed by atoms with E-state index in [1.165, 1.54) is 12.8 Å². The average molecular weight is 289 g/mol. The van der Waals surface area contributed by atoms with Crippen LogP contribution in [0.15, 0.2) is 18.2 Å². The van der Waals surface area contributed by atoms with Gasteiger partial charge in [-0.15, -0.1) is 0 Å². The van der Waals surface area contributed by atoms with Crippen molar-refractivity contribution in [2.24, 2.45) is 0 Å². The second kappa shape index (κ2) is 5.94. The van der Waals surface area contributed by atoms with Crippen molar-refractivity contribution < 1.29 is 4.21 Å². The van der Waals surface area contributed by atoms with E-state index in [9.17, 15) is 9.47 Å². The molecule has 0 unspecified atom stereocenters. The molecule has 1 heterocycles. The number of nitrogens with one attached hydrogen (secondary N) is 1. The van der Waals surface area contributed by atoms with Gasteiger partial charge in [0.15, 0.2) is 0 Å². The first-order valence-corrected chi connectivity index (χ1v) is 8.61. The summed E-state index contributed by atoms with van der Waals surface area (Å²) < 4.78 is 11.4. The predicted molar refractivity (Wildman–Crippen MR) is 81.1 cm³/mol. The Balaban J connectivity index is 1.73. The largest absolute Gasteiger partial charge is 0.369 e. The molecule has 0 bridgehead atoms. The molecule has 3 rings (SSSR count). The Morgan fingerprint density at radius 1 is 1.35 bits per heavy atom. The van der Waals surface area contributed by atoms with Crippen LogP contribution >= 0.6 is 0 Å². The summed E-state index contributed by atoms with van der Waals surface area (Å²) in [5.41, 5.74) is 2.88. The maximum Gasteiger partial charge on any atom is 0.101 e. The Bertz CT molecular complexity index is 553. The molecule has 0 spiro atoms. The lowest BCUT2D eigenvalue weighted by molar-refractivity contribution is 0.673. The lowest BCUT2D eigenvalue weighted by atomic mass is 10.1. The second-order valence-corrected chi connectivity index (χ2v) is 7.15. The van der Waals surface area contributed by atoms with Crippen molar-refractivity contribution >= 4 is 16.5 Å². The van der Waals surface area contributed by atoms with E-state index >= 15 is 0 Å². The van der Waals surface area contributed by atoms with E-state index in [1.807, 2.05) is 12.1 Å².